The highest BCUT2D eigenvalue weighted by atomic mass is 19.1. The third-order valence-corrected chi connectivity index (χ3v) is 4.05. The molecule has 1 unspecified atom stereocenters. The second-order valence-corrected chi connectivity index (χ2v) is 5.59. The first-order chi connectivity index (χ1) is 11.1. The highest BCUT2D eigenvalue weighted by molar-refractivity contribution is 5.82. The molecule has 7 heteroatoms. The van der Waals surface area contributed by atoms with Crippen LogP contribution in [0.1, 0.15) is 5.69 Å². The number of halogens is 1. The molecule has 6 nitrogen and oxygen atoms in total. The molecule has 0 radical (unpaired) electrons. The Balaban J connectivity index is 1.58. The van der Waals surface area contributed by atoms with Crippen LogP contribution in [-0.4, -0.2) is 41.4 Å². The van der Waals surface area contributed by atoms with Gasteiger partial charge in [0.05, 0.1) is 12.2 Å². The Kier molecular flexibility index (Phi) is 4.57. The Morgan fingerprint density at radius 2 is 2.17 bits per heavy atom. The molecule has 1 aliphatic heterocycles. The average molecular weight is 317 g/mol. The number of carbonyl (C=O) groups excluding carboxylic acids is 1. The second-order valence-electron chi connectivity index (χ2n) is 5.59. The maximum Gasteiger partial charge on any atom is 0.239 e. The minimum absolute atomic E-state index is 0.0435. The summed E-state index contributed by atoms with van der Waals surface area (Å²) in [6, 6.07) is 7.95. The lowest BCUT2D eigenvalue weighted by molar-refractivity contribution is -0.123. The zero-order chi connectivity index (χ0) is 16.2. The maximum atomic E-state index is 13.0. The molecule has 1 saturated heterocycles. The minimum Gasteiger partial charge on any atom is -0.368 e. The van der Waals surface area contributed by atoms with Gasteiger partial charge >= 0.3 is 0 Å². The maximum absolute atomic E-state index is 13.0. The van der Waals surface area contributed by atoms with Gasteiger partial charge in [0.1, 0.15) is 11.9 Å². The molecule has 2 N–H and O–H groups in total. The number of nitrogens with one attached hydrogen (secondary N) is 2. The number of aryl methyl sites for hydroxylation is 1. The van der Waals surface area contributed by atoms with E-state index in [4.69, 9.17) is 0 Å². The Hall–Kier alpha value is -2.41. The molecule has 0 bridgehead atoms. The van der Waals surface area contributed by atoms with E-state index in [1.807, 2.05) is 13.1 Å². The Labute approximate surface area is 134 Å². The van der Waals surface area contributed by atoms with Crippen LogP contribution < -0.4 is 15.5 Å². The fourth-order valence-corrected chi connectivity index (χ4v) is 2.69. The number of piperazine rings is 1. The lowest BCUT2D eigenvalue weighted by Gasteiger charge is -2.34. The molecule has 1 aromatic carbocycles. The normalized spacial score (nSPS) is 18.0. The molecule has 3 rings (SSSR count). The molecule has 0 saturated carbocycles. The summed E-state index contributed by atoms with van der Waals surface area (Å²) in [5, 5.41) is 10.2. The fraction of sp³-hybridized carbons (Fsp3) is 0.375. The lowest BCUT2D eigenvalue weighted by atomic mass is 10.1. The van der Waals surface area contributed by atoms with Crippen LogP contribution in [0.25, 0.3) is 0 Å². The van der Waals surface area contributed by atoms with Gasteiger partial charge in [-0.25, -0.2) is 4.39 Å². The molecule has 1 amide bonds. The standard InChI is InChI=1S/C16H20FN5O/c1-21-14(6-7-20-21)10-19-16(23)15-11-22(9-8-18-15)13-4-2-12(17)3-5-13/h2-7,15,18H,8-11H2,1H3,(H,19,23). The zero-order valence-corrected chi connectivity index (χ0v) is 13.0. The molecular formula is C16H20FN5O. The Morgan fingerprint density at radius 1 is 1.39 bits per heavy atom. The summed E-state index contributed by atoms with van der Waals surface area (Å²) in [4.78, 5) is 14.4. The summed E-state index contributed by atoms with van der Waals surface area (Å²) in [5.41, 5.74) is 1.88. The van der Waals surface area contributed by atoms with Crippen LogP contribution in [-0.2, 0) is 18.4 Å². The van der Waals surface area contributed by atoms with Gasteiger partial charge in [-0.05, 0) is 30.3 Å². The van der Waals surface area contributed by atoms with Crippen LogP contribution in [0.2, 0.25) is 0 Å². The third kappa shape index (κ3) is 3.68. The van der Waals surface area contributed by atoms with Crippen LogP contribution >= 0.6 is 0 Å². The molecule has 1 fully saturated rings. The molecule has 0 spiro atoms. The van der Waals surface area contributed by atoms with Gasteiger partial charge in [-0.2, -0.15) is 5.10 Å². The van der Waals surface area contributed by atoms with E-state index >= 15 is 0 Å². The summed E-state index contributed by atoms with van der Waals surface area (Å²) in [5.74, 6) is -0.299. The number of rotatable bonds is 4. The van der Waals surface area contributed by atoms with Crippen LogP contribution in [0.3, 0.4) is 0 Å². The number of carbonyl (C=O) groups is 1. The van der Waals surface area contributed by atoms with E-state index in [0.717, 1.165) is 17.9 Å². The number of hydrogen-bond donors (Lipinski definition) is 2. The number of nitrogens with zero attached hydrogens (tertiary/aromatic N) is 3. The monoisotopic (exact) mass is 317 g/mol. The minimum atomic E-state index is -0.290. The molecular weight excluding hydrogens is 297 g/mol. The third-order valence-electron chi connectivity index (χ3n) is 4.05. The molecule has 23 heavy (non-hydrogen) atoms. The van der Waals surface area contributed by atoms with E-state index in [1.165, 1.54) is 12.1 Å². The van der Waals surface area contributed by atoms with Crippen molar-refractivity contribution in [3.8, 4) is 0 Å². The molecule has 122 valence electrons. The summed E-state index contributed by atoms with van der Waals surface area (Å²) in [7, 11) is 1.84. The van der Waals surface area contributed by atoms with Crippen LogP contribution in [0, 0.1) is 5.82 Å². The Morgan fingerprint density at radius 3 is 2.87 bits per heavy atom. The lowest BCUT2D eigenvalue weighted by Crippen LogP contribution is -2.57. The van der Waals surface area contributed by atoms with Gasteiger partial charge in [0.25, 0.3) is 0 Å². The van der Waals surface area contributed by atoms with Gasteiger partial charge in [0, 0.05) is 38.6 Å². The molecule has 2 aromatic rings. The van der Waals surface area contributed by atoms with E-state index in [9.17, 15) is 9.18 Å². The van der Waals surface area contributed by atoms with Crippen molar-refractivity contribution in [2.24, 2.45) is 7.05 Å². The van der Waals surface area contributed by atoms with Crippen molar-refractivity contribution in [1.82, 2.24) is 20.4 Å². The van der Waals surface area contributed by atoms with Crippen molar-refractivity contribution in [2.45, 2.75) is 12.6 Å². The van der Waals surface area contributed by atoms with E-state index in [-0.39, 0.29) is 17.8 Å². The average Bonchev–Trinajstić information content (AvgIpc) is 2.98. The van der Waals surface area contributed by atoms with Crippen molar-refractivity contribution >= 4 is 11.6 Å². The largest absolute Gasteiger partial charge is 0.368 e. The predicted molar refractivity (Wildman–Crippen MR) is 85.5 cm³/mol. The summed E-state index contributed by atoms with van der Waals surface area (Å²) in [6.07, 6.45) is 1.70. The topological polar surface area (TPSA) is 62.2 Å². The molecule has 2 heterocycles. The van der Waals surface area contributed by atoms with Gasteiger partial charge in [0.2, 0.25) is 5.91 Å². The molecule has 1 aromatic heterocycles. The fourth-order valence-electron chi connectivity index (χ4n) is 2.69. The van der Waals surface area contributed by atoms with Gasteiger partial charge in [-0.15, -0.1) is 0 Å². The Bertz CT molecular complexity index is 669. The SMILES string of the molecule is Cn1nccc1CNC(=O)C1CN(c2ccc(F)cc2)CCN1. The van der Waals surface area contributed by atoms with Crippen LogP contribution in [0.15, 0.2) is 36.5 Å². The molecule has 1 aliphatic rings. The summed E-state index contributed by atoms with van der Waals surface area (Å²) in [6.45, 7) is 2.51. The molecule has 0 aliphatic carbocycles. The number of aromatic nitrogens is 2. The van der Waals surface area contributed by atoms with Crippen molar-refractivity contribution in [1.29, 1.82) is 0 Å². The molecule has 1 atom stereocenters. The van der Waals surface area contributed by atoms with E-state index in [1.54, 1.807) is 23.0 Å². The number of hydrogen-bond acceptors (Lipinski definition) is 4. The van der Waals surface area contributed by atoms with Crippen molar-refractivity contribution < 1.29 is 9.18 Å². The predicted octanol–water partition coefficient (Wildman–Crippen LogP) is 0.654. The van der Waals surface area contributed by atoms with E-state index in [2.05, 4.69) is 20.6 Å². The van der Waals surface area contributed by atoms with Crippen molar-refractivity contribution in [3.05, 3.63) is 48.0 Å². The first kappa shape index (κ1) is 15.5. The number of amides is 1. The van der Waals surface area contributed by atoms with E-state index in [0.29, 0.717) is 19.6 Å². The second kappa shape index (κ2) is 6.78. The van der Waals surface area contributed by atoms with Gasteiger partial charge in [0.15, 0.2) is 0 Å². The van der Waals surface area contributed by atoms with Crippen LogP contribution in [0.5, 0.6) is 0 Å². The summed E-state index contributed by atoms with van der Waals surface area (Å²) >= 11 is 0. The van der Waals surface area contributed by atoms with Gasteiger partial charge < -0.3 is 15.5 Å². The smallest absolute Gasteiger partial charge is 0.239 e. The van der Waals surface area contributed by atoms with Gasteiger partial charge in [-0.3, -0.25) is 9.48 Å². The first-order valence-electron chi connectivity index (χ1n) is 7.62. The highest BCUT2D eigenvalue weighted by Crippen LogP contribution is 2.16. The van der Waals surface area contributed by atoms with Gasteiger partial charge in [-0.1, -0.05) is 0 Å². The number of anilines is 1. The van der Waals surface area contributed by atoms with E-state index < -0.39 is 0 Å². The quantitative estimate of drug-likeness (QED) is 0.869. The number of benzene rings is 1. The zero-order valence-electron chi connectivity index (χ0n) is 13.0. The highest BCUT2D eigenvalue weighted by Gasteiger charge is 2.25. The van der Waals surface area contributed by atoms with Crippen LogP contribution in [0.4, 0.5) is 10.1 Å². The first-order valence-corrected chi connectivity index (χ1v) is 7.62. The van der Waals surface area contributed by atoms with Crippen molar-refractivity contribution in [3.63, 3.8) is 0 Å². The summed E-state index contributed by atoms with van der Waals surface area (Å²) < 4.78 is 14.8. The van der Waals surface area contributed by atoms with Crippen molar-refractivity contribution in [2.75, 3.05) is 24.5 Å².